The Morgan fingerprint density at radius 1 is 1.20 bits per heavy atom. The number of fused-ring (bicyclic) bond motifs is 1. The molecule has 0 aliphatic heterocycles. The number of aryl methyl sites for hydroxylation is 1. The van der Waals surface area contributed by atoms with Gasteiger partial charge in [0.1, 0.15) is 11.1 Å². The number of carbonyl (C=O) groups excluding carboxylic acids is 2. The van der Waals surface area contributed by atoms with Crippen LogP contribution in [0.25, 0.3) is 0 Å². The van der Waals surface area contributed by atoms with Gasteiger partial charge in [-0.15, -0.1) is 11.3 Å². The number of halogens is 1. The number of nitrogens with one attached hydrogen (secondary N) is 1. The fourth-order valence-corrected chi connectivity index (χ4v) is 4.91. The zero-order valence-corrected chi connectivity index (χ0v) is 18.2. The van der Waals surface area contributed by atoms with Crippen molar-refractivity contribution in [2.45, 2.75) is 32.1 Å². The van der Waals surface area contributed by atoms with E-state index in [0.29, 0.717) is 16.3 Å². The molecule has 0 unspecified atom stereocenters. The SMILES string of the molecule is COc1cc(C(=O)OCC(=O)Nc2sc3c(c2C#N)CCCCC3)cc(Cl)c1OC. The summed E-state index contributed by atoms with van der Waals surface area (Å²) in [7, 11) is 2.86. The molecule has 0 atom stereocenters. The van der Waals surface area contributed by atoms with Crippen LogP contribution in [0.2, 0.25) is 5.02 Å². The van der Waals surface area contributed by atoms with Gasteiger partial charge in [-0.2, -0.15) is 5.26 Å². The number of benzene rings is 1. The molecule has 0 radical (unpaired) electrons. The summed E-state index contributed by atoms with van der Waals surface area (Å²) in [5.74, 6) is -0.659. The van der Waals surface area contributed by atoms with E-state index in [0.717, 1.165) is 42.5 Å². The maximum absolute atomic E-state index is 12.3. The van der Waals surface area contributed by atoms with E-state index in [1.165, 1.54) is 37.7 Å². The monoisotopic (exact) mass is 448 g/mol. The third-order valence-electron chi connectivity index (χ3n) is 4.79. The van der Waals surface area contributed by atoms with E-state index < -0.39 is 18.5 Å². The Bertz CT molecular complexity index is 1010. The van der Waals surface area contributed by atoms with E-state index in [1.807, 2.05) is 0 Å². The van der Waals surface area contributed by atoms with Crippen LogP contribution in [0.5, 0.6) is 11.5 Å². The summed E-state index contributed by atoms with van der Waals surface area (Å²) in [5, 5.41) is 12.9. The summed E-state index contributed by atoms with van der Waals surface area (Å²) in [6.07, 6.45) is 5.03. The van der Waals surface area contributed by atoms with Gasteiger partial charge in [0.15, 0.2) is 18.1 Å². The Morgan fingerprint density at radius 2 is 1.97 bits per heavy atom. The van der Waals surface area contributed by atoms with Gasteiger partial charge in [-0.3, -0.25) is 4.79 Å². The number of ether oxygens (including phenoxy) is 3. The quantitative estimate of drug-likeness (QED) is 0.521. The Hall–Kier alpha value is -2.76. The van der Waals surface area contributed by atoms with Crippen molar-refractivity contribution in [3.05, 3.63) is 38.7 Å². The Balaban J connectivity index is 1.66. The van der Waals surface area contributed by atoms with Crippen molar-refractivity contribution in [2.24, 2.45) is 0 Å². The summed E-state index contributed by atoms with van der Waals surface area (Å²) in [6, 6.07) is 5.01. The molecule has 0 saturated carbocycles. The van der Waals surface area contributed by atoms with Crippen LogP contribution in [0.1, 0.15) is 45.6 Å². The topological polar surface area (TPSA) is 97.6 Å². The molecule has 1 N–H and O–H groups in total. The van der Waals surface area contributed by atoms with Gasteiger partial charge >= 0.3 is 5.97 Å². The lowest BCUT2D eigenvalue weighted by atomic mass is 10.1. The third kappa shape index (κ3) is 4.69. The number of anilines is 1. The van der Waals surface area contributed by atoms with Gasteiger partial charge in [0.25, 0.3) is 5.91 Å². The normalized spacial score (nSPS) is 12.9. The van der Waals surface area contributed by atoms with Crippen molar-refractivity contribution >= 4 is 39.8 Å². The van der Waals surface area contributed by atoms with E-state index in [2.05, 4.69) is 11.4 Å². The van der Waals surface area contributed by atoms with Crippen LogP contribution in [-0.4, -0.2) is 32.7 Å². The number of thiophene rings is 1. The van der Waals surface area contributed by atoms with Crippen LogP contribution in [-0.2, 0) is 22.4 Å². The molecule has 1 aromatic carbocycles. The molecular formula is C21H21ClN2O5S. The summed E-state index contributed by atoms with van der Waals surface area (Å²) in [4.78, 5) is 25.8. The minimum absolute atomic E-state index is 0.131. The van der Waals surface area contributed by atoms with Gasteiger partial charge in [-0.1, -0.05) is 18.0 Å². The summed E-state index contributed by atoms with van der Waals surface area (Å²) in [6.45, 7) is -0.488. The van der Waals surface area contributed by atoms with Crippen LogP contribution in [0.15, 0.2) is 12.1 Å². The van der Waals surface area contributed by atoms with Crippen LogP contribution in [0.3, 0.4) is 0 Å². The fraction of sp³-hybridized carbons (Fsp3) is 0.381. The highest BCUT2D eigenvalue weighted by molar-refractivity contribution is 7.16. The van der Waals surface area contributed by atoms with Gasteiger partial charge in [0.2, 0.25) is 0 Å². The van der Waals surface area contributed by atoms with Crippen LogP contribution in [0, 0.1) is 11.3 Å². The van der Waals surface area contributed by atoms with Gasteiger partial charge in [0.05, 0.1) is 30.4 Å². The molecular weight excluding hydrogens is 428 g/mol. The van der Waals surface area contributed by atoms with Gasteiger partial charge in [-0.05, 0) is 43.4 Å². The van der Waals surface area contributed by atoms with Crippen LogP contribution < -0.4 is 14.8 Å². The number of nitrogens with zero attached hydrogens (tertiary/aromatic N) is 1. The molecule has 3 rings (SSSR count). The second-order valence-electron chi connectivity index (χ2n) is 6.70. The number of methoxy groups -OCH3 is 2. The molecule has 0 saturated heterocycles. The predicted molar refractivity (Wildman–Crippen MR) is 114 cm³/mol. The molecule has 1 aliphatic carbocycles. The average Bonchev–Trinajstić information content (AvgIpc) is 2.90. The molecule has 158 valence electrons. The molecule has 30 heavy (non-hydrogen) atoms. The molecule has 0 spiro atoms. The first-order valence-corrected chi connectivity index (χ1v) is 10.6. The smallest absolute Gasteiger partial charge is 0.338 e. The molecule has 1 aromatic heterocycles. The van der Waals surface area contributed by atoms with Crippen molar-refractivity contribution in [1.82, 2.24) is 0 Å². The standard InChI is InChI=1S/C21H21ClN2O5S/c1-27-16-9-12(8-15(22)19(16)28-2)21(26)29-11-18(25)24-20-14(10-23)13-6-4-3-5-7-17(13)30-20/h8-9H,3-7,11H2,1-2H3,(H,24,25). The molecule has 1 aliphatic rings. The Morgan fingerprint density at radius 3 is 2.67 bits per heavy atom. The average molecular weight is 449 g/mol. The summed E-state index contributed by atoms with van der Waals surface area (Å²) in [5.41, 5.74) is 1.68. The van der Waals surface area contributed by atoms with Crippen molar-refractivity contribution < 1.29 is 23.8 Å². The third-order valence-corrected chi connectivity index (χ3v) is 6.28. The van der Waals surface area contributed by atoms with Crippen molar-refractivity contribution in [1.29, 1.82) is 5.26 Å². The van der Waals surface area contributed by atoms with Gasteiger partial charge in [0, 0.05) is 4.88 Å². The second kappa shape index (κ2) is 9.83. The zero-order chi connectivity index (χ0) is 21.7. The molecule has 0 fully saturated rings. The van der Waals surface area contributed by atoms with Crippen LogP contribution in [0.4, 0.5) is 5.00 Å². The lowest BCUT2D eigenvalue weighted by Gasteiger charge is -2.11. The predicted octanol–water partition coefficient (Wildman–Crippen LogP) is 4.35. The maximum Gasteiger partial charge on any atom is 0.338 e. The highest BCUT2D eigenvalue weighted by atomic mass is 35.5. The maximum atomic E-state index is 12.3. The number of rotatable bonds is 6. The highest BCUT2D eigenvalue weighted by Gasteiger charge is 2.22. The first-order chi connectivity index (χ1) is 14.5. The summed E-state index contributed by atoms with van der Waals surface area (Å²) < 4.78 is 15.4. The largest absolute Gasteiger partial charge is 0.493 e. The number of amides is 1. The number of carbonyl (C=O) groups is 2. The Kier molecular flexibility index (Phi) is 7.19. The summed E-state index contributed by atoms with van der Waals surface area (Å²) >= 11 is 7.53. The number of nitriles is 1. The van der Waals surface area contributed by atoms with Crippen molar-refractivity contribution in [3.8, 4) is 17.6 Å². The minimum Gasteiger partial charge on any atom is -0.493 e. The van der Waals surface area contributed by atoms with E-state index in [4.69, 9.17) is 25.8 Å². The minimum atomic E-state index is -0.726. The first-order valence-electron chi connectivity index (χ1n) is 9.41. The lowest BCUT2D eigenvalue weighted by Crippen LogP contribution is -2.21. The first kappa shape index (κ1) is 21.9. The fourth-order valence-electron chi connectivity index (χ4n) is 3.36. The van der Waals surface area contributed by atoms with E-state index >= 15 is 0 Å². The van der Waals surface area contributed by atoms with E-state index in [-0.39, 0.29) is 16.3 Å². The van der Waals surface area contributed by atoms with Crippen molar-refractivity contribution in [3.63, 3.8) is 0 Å². The molecule has 0 bridgehead atoms. The Labute approximate surface area is 183 Å². The molecule has 1 amide bonds. The molecule has 9 heteroatoms. The van der Waals surface area contributed by atoms with E-state index in [1.54, 1.807) is 0 Å². The molecule has 2 aromatic rings. The molecule has 1 heterocycles. The van der Waals surface area contributed by atoms with Crippen molar-refractivity contribution in [2.75, 3.05) is 26.1 Å². The number of hydrogen-bond donors (Lipinski definition) is 1. The number of hydrogen-bond acceptors (Lipinski definition) is 7. The highest BCUT2D eigenvalue weighted by Crippen LogP contribution is 2.37. The van der Waals surface area contributed by atoms with Gasteiger partial charge in [-0.25, -0.2) is 4.79 Å². The number of esters is 1. The van der Waals surface area contributed by atoms with E-state index in [9.17, 15) is 14.9 Å². The van der Waals surface area contributed by atoms with Crippen LogP contribution >= 0.6 is 22.9 Å². The molecule has 7 nitrogen and oxygen atoms in total. The zero-order valence-electron chi connectivity index (χ0n) is 16.7. The second-order valence-corrected chi connectivity index (χ2v) is 8.21. The lowest BCUT2D eigenvalue weighted by molar-refractivity contribution is -0.119. The van der Waals surface area contributed by atoms with Gasteiger partial charge < -0.3 is 19.5 Å².